The van der Waals surface area contributed by atoms with Crippen molar-refractivity contribution in [2.45, 2.75) is 4.90 Å². The van der Waals surface area contributed by atoms with Crippen molar-refractivity contribution in [1.29, 1.82) is 0 Å². The summed E-state index contributed by atoms with van der Waals surface area (Å²) in [6.45, 7) is 0. The van der Waals surface area contributed by atoms with Crippen LogP contribution in [-0.2, 0) is 0 Å². The molecule has 0 saturated heterocycles. The summed E-state index contributed by atoms with van der Waals surface area (Å²) in [5.41, 5.74) is 3.61. The van der Waals surface area contributed by atoms with Crippen LogP contribution in [0.2, 0.25) is 0 Å². The van der Waals surface area contributed by atoms with Crippen molar-refractivity contribution < 1.29 is 13.6 Å². The van der Waals surface area contributed by atoms with Crippen LogP contribution >= 0.6 is 11.8 Å². The lowest BCUT2D eigenvalue weighted by Gasteiger charge is -2.13. The number of amides is 1. The molecule has 1 aromatic heterocycles. The Balaban J connectivity index is 1.68. The van der Waals surface area contributed by atoms with Crippen molar-refractivity contribution in [3.63, 3.8) is 0 Å². The Kier molecular flexibility index (Phi) is 6.09. The molecule has 1 heterocycles. The van der Waals surface area contributed by atoms with E-state index in [0.717, 1.165) is 28.3 Å². The van der Waals surface area contributed by atoms with Gasteiger partial charge in [-0.2, -0.15) is 0 Å². The minimum Gasteiger partial charge on any atom is -0.322 e. The van der Waals surface area contributed by atoms with Crippen LogP contribution in [0.1, 0.15) is 10.4 Å². The van der Waals surface area contributed by atoms with Gasteiger partial charge in [-0.05, 0) is 72.0 Å². The second-order valence-corrected chi connectivity index (χ2v) is 7.67. The van der Waals surface area contributed by atoms with E-state index in [1.807, 2.05) is 48.7 Å². The summed E-state index contributed by atoms with van der Waals surface area (Å²) >= 11 is 1.50. The summed E-state index contributed by atoms with van der Waals surface area (Å²) in [7, 11) is 0. The van der Waals surface area contributed by atoms with Gasteiger partial charge in [0.05, 0.1) is 5.69 Å². The average Bonchev–Trinajstić information content (AvgIpc) is 2.81. The quantitative estimate of drug-likeness (QED) is 0.358. The minimum absolute atomic E-state index is 0.342. The van der Waals surface area contributed by atoms with Crippen molar-refractivity contribution in [3.8, 4) is 22.4 Å². The summed E-state index contributed by atoms with van der Waals surface area (Å²) in [6, 6.07) is 22.0. The van der Waals surface area contributed by atoms with E-state index in [1.165, 1.54) is 17.8 Å². The predicted molar refractivity (Wildman–Crippen MR) is 121 cm³/mol. The molecule has 3 aromatic carbocycles. The highest BCUT2D eigenvalue weighted by Gasteiger charge is 2.16. The fourth-order valence-electron chi connectivity index (χ4n) is 3.24. The molecule has 154 valence electrons. The molecule has 0 bridgehead atoms. The molecule has 0 aliphatic carbocycles. The molecule has 0 atom stereocenters. The van der Waals surface area contributed by atoms with Gasteiger partial charge in [-0.15, -0.1) is 11.8 Å². The maximum atomic E-state index is 13.8. The molecule has 0 unspecified atom stereocenters. The van der Waals surface area contributed by atoms with Crippen LogP contribution in [0, 0.1) is 11.6 Å². The number of carbonyl (C=O) groups is 1. The minimum atomic E-state index is -0.957. The molecule has 0 aliphatic rings. The first-order valence-electron chi connectivity index (χ1n) is 9.51. The van der Waals surface area contributed by atoms with E-state index in [0.29, 0.717) is 22.4 Å². The van der Waals surface area contributed by atoms with Crippen LogP contribution in [0.25, 0.3) is 22.4 Å². The molecule has 0 aliphatic heterocycles. The molecule has 0 saturated carbocycles. The first-order valence-corrected chi connectivity index (χ1v) is 10.7. The Bertz CT molecular complexity index is 1250. The van der Waals surface area contributed by atoms with Gasteiger partial charge in [0.15, 0.2) is 11.6 Å². The smallest absolute Gasteiger partial charge is 0.256 e. The van der Waals surface area contributed by atoms with Gasteiger partial charge in [0.1, 0.15) is 0 Å². The van der Waals surface area contributed by atoms with Crippen LogP contribution in [0.5, 0.6) is 0 Å². The van der Waals surface area contributed by atoms with E-state index in [9.17, 15) is 13.6 Å². The zero-order valence-electron chi connectivity index (χ0n) is 16.6. The Morgan fingerprint density at radius 1 is 0.871 bits per heavy atom. The topological polar surface area (TPSA) is 42.0 Å². The van der Waals surface area contributed by atoms with E-state index in [1.54, 1.807) is 24.4 Å². The number of halogens is 2. The van der Waals surface area contributed by atoms with Gasteiger partial charge in [0.2, 0.25) is 0 Å². The lowest BCUT2D eigenvalue weighted by atomic mass is 9.98. The summed E-state index contributed by atoms with van der Waals surface area (Å²) in [5, 5.41) is 2.90. The first kappa shape index (κ1) is 20.8. The summed E-state index contributed by atoms with van der Waals surface area (Å²) in [6.07, 6.45) is 3.62. The second-order valence-electron chi connectivity index (χ2n) is 6.79. The van der Waals surface area contributed by atoms with E-state index < -0.39 is 11.6 Å². The Morgan fingerprint density at radius 2 is 1.74 bits per heavy atom. The van der Waals surface area contributed by atoms with Crippen molar-refractivity contribution in [2.24, 2.45) is 0 Å². The SMILES string of the molecule is CSc1ccc(C(=O)Nc2cccc(-c3ccccn3)c2)c(-c2ccc(F)c(F)c2)c1. The number of thioether (sulfide) groups is 1. The molecule has 3 nitrogen and oxygen atoms in total. The third kappa shape index (κ3) is 4.64. The highest BCUT2D eigenvalue weighted by molar-refractivity contribution is 7.98. The molecule has 1 N–H and O–H groups in total. The third-order valence-electron chi connectivity index (χ3n) is 4.78. The summed E-state index contributed by atoms with van der Waals surface area (Å²) < 4.78 is 27.3. The number of rotatable bonds is 5. The molecule has 1 amide bonds. The van der Waals surface area contributed by atoms with E-state index in [-0.39, 0.29) is 5.91 Å². The van der Waals surface area contributed by atoms with E-state index in [4.69, 9.17) is 0 Å². The normalized spacial score (nSPS) is 10.7. The molecule has 4 aromatic rings. The highest BCUT2D eigenvalue weighted by Crippen LogP contribution is 2.30. The lowest BCUT2D eigenvalue weighted by Crippen LogP contribution is -2.13. The Morgan fingerprint density at radius 3 is 2.48 bits per heavy atom. The first-order chi connectivity index (χ1) is 15.0. The number of anilines is 1. The number of pyridine rings is 1. The van der Waals surface area contributed by atoms with Crippen LogP contribution in [-0.4, -0.2) is 17.1 Å². The summed E-state index contributed by atoms with van der Waals surface area (Å²) in [4.78, 5) is 18.4. The highest BCUT2D eigenvalue weighted by atomic mass is 32.2. The van der Waals surface area contributed by atoms with E-state index in [2.05, 4.69) is 10.3 Å². The van der Waals surface area contributed by atoms with E-state index >= 15 is 0 Å². The van der Waals surface area contributed by atoms with Crippen molar-refractivity contribution in [1.82, 2.24) is 4.98 Å². The zero-order chi connectivity index (χ0) is 21.8. The third-order valence-corrected chi connectivity index (χ3v) is 5.51. The number of benzene rings is 3. The van der Waals surface area contributed by atoms with Gasteiger partial charge >= 0.3 is 0 Å². The van der Waals surface area contributed by atoms with Gasteiger partial charge in [-0.1, -0.05) is 24.3 Å². The lowest BCUT2D eigenvalue weighted by molar-refractivity contribution is 0.102. The predicted octanol–water partition coefficient (Wildman–Crippen LogP) is 6.67. The molecular formula is C25H18F2N2OS. The van der Waals surface area contributed by atoms with Crippen LogP contribution < -0.4 is 5.32 Å². The number of nitrogens with zero attached hydrogens (tertiary/aromatic N) is 1. The zero-order valence-corrected chi connectivity index (χ0v) is 17.4. The van der Waals surface area contributed by atoms with Crippen LogP contribution in [0.3, 0.4) is 0 Å². The van der Waals surface area contributed by atoms with Gasteiger partial charge in [0.25, 0.3) is 5.91 Å². The van der Waals surface area contributed by atoms with Crippen LogP contribution in [0.4, 0.5) is 14.5 Å². The van der Waals surface area contributed by atoms with Gasteiger partial charge in [0, 0.05) is 27.9 Å². The molecule has 4 rings (SSSR count). The van der Waals surface area contributed by atoms with Crippen molar-refractivity contribution >= 4 is 23.4 Å². The standard InChI is InChI=1S/C25H18F2N2OS/c1-31-19-9-10-20(21(15-19)16-8-11-22(26)23(27)14-16)25(30)29-18-6-4-5-17(13-18)24-7-2-3-12-28-24/h2-15H,1H3,(H,29,30). The fourth-order valence-corrected chi connectivity index (χ4v) is 3.68. The monoisotopic (exact) mass is 432 g/mol. The Hall–Kier alpha value is -3.51. The van der Waals surface area contributed by atoms with Gasteiger partial charge < -0.3 is 5.32 Å². The maximum absolute atomic E-state index is 13.8. The average molecular weight is 432 g/mol. The molecule has 0 spiro atoms. The van der Waals surface area contributed by atoms with Crippen molar-refractivity contribution in [3.05, 3.63) is 102 Å². The Labute approximate surface area is 183 Å². The number of aromatic nitrogens is 1. The second kappa shape index (κ2) is 9.10. The molecular weight excluding hydrogens is 414 g/mol. The molecule has 0 radical (unpaired) electrons. The number of hydrogen-bond acceptors (Lipinski definition) is 3. The fraction of sp³-hybridized carbons (Fsp3) is 0.0400. The molecule has 31 heavy (non-hydrogen) atoms. The summed E-state index contributed by atoms with van der Waals surface area (Å²) in [5.74, 6) is -2.23. The van der Waals surface area contributed by atoms with Gasteiger partial charge in [-0.3, -0.25) is 9.78 Å². The van der Waals surface area contributed by atoms with Gasteiger partial charge in [-0.25, -0.2) is 8.78 Å². The van der Waals surface area contributed by atoms with Crippen LogP contribution in [0.15, 0.2) is 90.0 Å². The maximum Gasteiger partial charge on any atom is 0.256 e. The number of carbonyl (C=O) groups excluding carboxylic acids is 1. The van der Waals surface area contributed by atoms with Crippen molar-refractivity contribution in [2.75, 3.05) is 11.6 Å². The molecule has 0 fully saturated rings. The number of hydrogen-bond donors (Lipinski definition) is 1. The largest absolute Gasteiger partial charge is 0.322 e. The number of nitrogens with one attached hydrogen (secondary N) is 1. The molecule has 6 heteroatoms.